The number of aromatic amines is 2. The molecule has 0 bridgehead atoms. The first kappa shape index (κ1) is 17.1. The molecule has 2 N–H and O–H groups in total. The van der Waals surface area contributed by atoms with E-state index in [0.717, 1.165) is 55.0 Å². The predicted octanol–water partition coefficient (Wildman–Crippen LogP) is 2.56. The van der Waals surface area contributed by atoms with Crippen molar-refractivity contribution in [3.05, 3.63) is 35.9 Å². The van der Waals surface area contributed by atoms with Gasteiger partial charge in [-0.3, -0.25) is 9.89 Å². The van der Waals surface area contributed by atoms with Gasteiger partial charge in [-0.25, -0.2) is 9.97 Å². The van der Waals surface area contributed by atoms with Crippen molar-refractivity contribution in [1.82, 2.24) is 30.0 Å². The van der Waals surface area contributed by atoms with Gasteiger partial charge in [0.1, 0.15) is 11.6 Å². The minimum Gasteiger partial charge on any atom is -0.342 e. The Morgan fingerprint density at radius 2 is 2.23 bits per heavy atom. The number of amides is 1. The number of fused-ring (bicyclic) bond motifs is 1. The van der Waals surface area contributed by atoms with Crippen molar-refractivity contribution in [2.24, 2.45) is 5.92 Å². The predicted molar refractivity (Wildman–Crippen MR) is 101 cm³/mol. The minimum absolute atomic E-state index is 0.159. The molecule has 3 heterocycles. The lowest BCUT2D eigenvalue weighted by atomic mass is 9.94. The zero-order valence-electron chi connectivity index (χ0n) is 14.7. The van der Waals surface area contributed by atoms with Gasteiger partial charge >= 0.3 is 0 Å². The number of thioether (sulfide) groups is 1. The average molecular weight is 370 g/mol. The number of benzene rings is 1. The van der Waals surface area contributed by atoms with Crippen molar-refractivity contribution in [2.75, 3.05) is 18.8 Å². The first-order chi connectivity index (χ1) is 12.7. The van der Waals surface area contributed by atoms with E-state index in [4.69, 9.17) is 0 Å². The molecule has 3 aromatic rings. The molecule has 1 aliphatic heterocycles. The van der Waals surface area contributed by atoms with Crippen LogP contribution in [0.5, 0.6) is 0 Å². The van der Waals surface area contributed by atoms with Crippen LogP contribution in [0.4, 0.5) is 0 Å². The van der Waals surface area contributed by atoms with E-state index < -0.39 is 0 Å². The second-order valence-corrected chi connectivity index (χ2v) is 7.69. The Labute approximate surface area is 156 Å². The summed E-state index contributed by atoms with van der Waals surface area (Å²) in [6.07, 6.45) is 3.06. The summed E-state index contributed by atoms with van der Waals surface area (Å²) in [4.78, 5) is 26.8. The van der Waals surface area contributed by atoms with Crippen molar-refractivity contribution in [3.63, 3.8) is 0 Å². The molecule has 26 heavy (non-hydrogen) atoms. The van der Waals surface area contributed by atoms with Crippen LogP contribution in [0.2, 0.25) is 0 Å². The van der Waals surface area contributed by atoms with E-state index in [1.165, 1.54) is 11.8 Å². The third-order valence-corrected chi connectivity index (χ3v) is 5.53. The lowest BCUT2D eigenvalue weighted by Gasteiger charge is -2.32. The van der Waals surface area contributed by atoms with Gasteiger partial charge in [-0.2, -0.15) is 0 Å². The van der Waals surface area contributed by atoms with E-state index in [9.17, 15) is 4.79 Å². The van der Waals surface area contributed by atoms with Crippen molar-refractivity contribution < 1.29 is 4.79 Å². The van der Waals surface area contributed by atoms with Gasteiger partial charge in [0.15, 0.2) is 0 Å². The summed E-state index contributed by atoms with van der Waals surface area (Å²) < 4.78 is 0. The summed E-state index contributed by atoms with van der Waals surface area (Å²) >= 11 is 1.39. The molecule has 1 aromatic carbocycles. The van der Waals surface area contributed by atoms with Gasteiger partial charge in [0.05, 0.1) is 16.8 Å². The van der Waals surface area contributed by atoms with E-state index in [2.05, 4.69) is 25.1 Å². The maximum absolute atomic E-state index is 12.5. The molecule has 0 radical (unpaired) electrons. The molecule has 8 heteroatoms. The quantitative estimate of drug-likeness (QED) is 0.674. The summed E-state index contributed by atoms with van der Waals surface area (Å²) in [5, 5.41) is 7.50. The van der Waals surface area contributed by atoms with Crippen LogP contribution in [-0.2, 0) is 11.2 Å². The summed E-state index contributed by atoms with van der Waals surface area (Å²) in [6.45, 7) is 3.48. The lowest BCUT2D eigenvalue weighted by Crippen LogP contribution is -2.41. The minimum atomic E-state index is 0.159. The van der Waals surface area contributed by atoms with E-state index in [1.807, 2.05) is 36.1 Å². The lowest BCUT2D eigenvalue weighted by molar-refractivity contribution is -0.130. The van der Waals surface area contributed by atoms with Crippen LogP contribution in [-0.4, -0.2) is 54.8 Å². The number of carbonyl (C=O) groups excluding carboxylic acids is 1. The number of imidazole rings is 1. The van der Waals surface area contributed by atoms with E-state index in [0.29, 0.717) is 16.8 Å². The number of hydrogen-bond acceptors (Lipinski definition) is 5. The van der Waals surface area contributed by atoms with Crippen molar-refractivity contribution >= 4 is 28.7 Å². The van der Waals surface area contributed by atoms with Gasteiger partial charge in [0.25, 0.3) is 0 Å². The first-order valence-corrected chi connectivity index (χ1v) is 9.89. The van der Waals surface area contributed by atoms with Crippen LogP contribution >= 0.6 is 11.8 Å². The van der Waals surface area contributed by atoms with Crippen LogP contribution in [0.3, 0.4) is 0 Å². The standard InChI is InChI=1S/C18H22N6OS/c1-12-19-18(23-22-12)26-11-17(25)24-8-4-5-13(10-24)9-16-20-14-6-2-3-7-15(14)21-16/h2-3,6-7,13H,4-5,8-11H2,1H3,(H,20,21)(H,19,22,23)/t13-/m0/s1. The van der Waals surface area contributed by atoms with Gasteiger partial charge in [-0.05, 0) is 37.8 Å². The zero-order chi connectivity index (χ0) is 17.9. The number of hydrogen-bond donors (Lipinski definition) is 2. The number of carbonyl (C=O) groups is 1. The van der Waals surface area contributed by atoms with Crippen molar-refractivity contribution in [1.29, 1.82) is 0 Å². The molecule has 1 fully saturated rings. The molecule has 0 spiro atoms. The molecule has 2 aromatic heterocycles. The number of nitrogens with one attached hydrogen (secondary N) is 2. The maximum atomic E-state index is 12.5. The largest absolute Gasteiger partial charge is 0.342 e. The molecular formula is C18H22N6OS. The van der Waals surface area contributed by atoms with Crippen molar-refractivity contribution in [2.45, 2.75) is 31.3 Å². The van der Waals surface area contributed by atoms with Crippen molar-refractivity contribution in [3.8, 4) is 0 Å². The Morgan fingerprint density at radius 1 is 1.35 bits per heavy atom. The smallest absolute Gasteiger partial charge is 0.233 e. The number of aryl methyl sites for hydroxylation is 1. The van der Waals surface area contributed by atoms with Gasteiger partial charge < -0.3 is 9.88 Å². The highest BCUT2D eigenvalue weighted by Crippen LogP contribution is 2.22. The Balaban J connectivity index is 1.33. The number of likely N-dealkylation sites (tertiary alicyclic amines) is 1. The normalized spacial score (nSPS) is 17.7. The molecule has 1 amide bonds. The van der Waals surface area contributed by atoms with Gasteiger partial charge in [0.2, 0.25) is 11.1 Å². The first-order valence-electron chi connectivity index (χ1n) is 8.90. The third kappa shape index (κ3) is 3.90. The molecule has 0 unspecified atom stereocenters. The number of rotatable bonds is 5. The van der Waals surface area contributed by atoms with Crippen LogP contribution in [0, 0.1) is 12.8 Å². The van der Waals surface area contributed by atoms with Gasteiger partial charge in [-0.1, -0.05) is 23.9 Å². The van der Waals surface area contributed by atoms with E-state index in [1.54, 1.807) is 0 Å². The number of H-pyrrole nitrogens is 2. The fourth-order valence-corrected chi connectivity index (χ4v) is 4.19. The Hall–Kier alpha value is -2.35. The number of para-hydroxylation sites is 2. The van der Waals surface area contributed by atoms with Crippen LogP contribution < -0.4 is 0 Å². The molecule has 0 aliphatic carbocycles. The molecule has 0 saturated carbocycles. The number of aromatic nitrogens is 5. The van der Waals surface area contributed by atoms with Crippen LogP contribution in [0.1, 0.15) is 24.5 Å². The van der Waals surface area contributed by atoms with Crippen LogP contribution in [0.25, 0.3) is 11.0 Å². The van der Waals surface area contributed by atoms with Gasteiger partial charge in [0, 0.05) is 19.5 Å². The number of piperidine rings is 1. The third-order valence-electron chi connectivity index (χ3n) is 4.69. The second kappa shape index (κ2) is 7.49. The van der Waals surface area contributed by atoms with E-state index in [-0.39, 0.29) is 5.91 Å². The summed E-state index contributed by atoms with van der Waals surface area (Å²) in [5.41, 5.74) is 2.08. The second-order valence-electron chi connectivity index (χ2n) is 6.74. The molecule has 136 valence electrons. The fraction of sp³-hybridized carbons (Fsp3) is 0.444. The molecule has 7 nitrogen and oxygen atoms in total. The van der Waals surface area contributed by atoms with E-state index >= 15 is 0 Å². The summed E-state index contributed by atoms with van der Waals surface area (Å²) in [7, 11) is 0. The highest BCUT2D eigenvalue weighted by atomic mass is 32.2. The fourth-order valence-electron chi connectivity index (χ4n) is 3.44. The molecular weight excluding hydrogens is 348 g/mol. The highest BCUT2D eigenvalue weighted by Gasteiger charge is 2.25. The van der Waals surface area contributed by atoms with Gasteiger partial charge in [-0.15, -0.1) is 5.10 Å². The Bertz CT molecular complexity index is 871. The Morgan fingerprint density at radius 3 is 3.04 bits per heavy atom. The molecule has 1 saturated heterocycles. The maximum Gasteiger partial charge on any atom is 0.233 e. The zero-order valence-corrected chi connectivity index (χ0v) is 15.6. The number of nitrogens with zero attached hydrogens (tertiary/aromatic N) is 4. The highest BCUT2D eigenvalue weighted by molar-refractivity contribution is 7.99. The SMILES string of the molecule is Cc1nc(SCC(=O)N2CCC[C@@H](Cc3nc4ccccc4[nH]3)C2)n[nH]1. The molecule has 4 rings (SSSR count). The summed E-state index contributed by atoms with van der Waals surface area (Å²) in [6, 6.07) is 8.08. The Kier molecular flexibility index (Phi) is 4.92. The average Bonchev–Trinajstić information content (AvgIpc) is 3.25. The topological polar surface area (TPSA) is 90.6 Å². The summed E-state index contributed by atoms with van der Waals surface area (Å²) in [5.74, 6) is 2.77. The molecule has 1 atom stereocenters. The molecule has 1 aliphatic rings. The monoisotopic (exact) mass is 370 g/mol. The van der Waals surface area contributed by atoms with Crippen LogP contribution in [0.15, 0.2) is 29.4 Å².